The third kappa shape index (κ3) is 3.03. The van der Waals surface area contributed by atoms with Crippen molar-refractivity contribution in [3.8, 4) is 0 Å². The third-order valence-corrected chi connectivity index (χ3v) is 5.47. The predicted octanol–water partition coefficient (Wildman–Crippen LogP) is 5.25. The largest absolute Gasteiger partial charge is 0.416 e. The second-order valence-electron chi connectivity index (χ2n) is 7.45. The van der Waals surface area contributed by atoms with Gasteiger partial charge in [-0.1, -0.05) is 42.0 Å². The highest BCUT2D eigenvalue weighted by Crippen LogP contribution is 2.39. The summed E-state index contributed by atoms with van der Waals surface area (Å²) in [4.78, 5) is 6.58. The summed E-state index contributed by atoms with van der Waals surface area (Å²) in [6.07, 6.45) is -0.511. The van der Waals surface area contributed by atoms with E-state index in [1.807, 2.05) is 55.7 Å². The van der Waals surface area contributed by atoms with Crippen molar-refractivity contribution in [2.45, 2.75) is 13.1 Å². The fourth-order valence-corrected chi connectivity index (χ4v) is 4.00. The molecule has 5 heteroatoms. The zero-order valence-electron chi connectivity index (χ0n) is 16.1. The Bertz CT molecular complexity index is 1320. The number of H-pyrrole nitrogens is 1. The molecule has 5 rings (SSSR count). The minimum Gasteiger partial charge on any atom is -0.361 e. The number of rotatable bonds is 2. The molecule has 0 fully saturated rings. The molecular weight excluding hydrogens is 385 g/mol. The van der Waals surface area contributed by atoms with Crippen molar-refractivity contribution in [1.82, 2.24) is 4.98 Å². The van der Waals surface area contributed by atoms with Crippen LogP contribution in [-0.4, -0.2) is 11.2 Å². The van der Waals surface area contributed by atoms with Crippen LogP contribution < -0.4 is 4.99 Å². The Balaban J connectivity index is 1.79. The number of aryl methyl sites for hydroxylation is 1. The van der Waals surface area contributed by atoms with E-state index in [0.717, 1.165) is 62.1 Å². The van der Waals surface area contributed by atoms with E-state index in [9.17, 15) is 13.2 Å². The van der Waals surface area contributed by atoms with Crippen molar-refractivity contribution in [3.63, 3.8) is 0 Å². The van der Waals surface area contributed by atoms with Crippen LogP contribution >= 0.6 is 0 Å². The molecule has 1 aliphatic rings. The van der Waals surface area contributed by atoms with Gasteiger partial charge in [0.15, 0.2) is 6.21 Å². The summed E-state index contributed by atoms with van der Waals surface area (Å²) >= 11 is 0. The Hall–Kier alpha value is -3.60. The molecule has 3 aromatic carbocycles. The molecule has 0 amide bonds. The molecule has 30 heavy (non-hydrogen) atoms. The number of aromatic amines is 1. The van der Waals surface area contributed by atoms with E-state index in [1.165, 1.54) is 0 Å². The van der Waals surface area contributed by atoms with E-state index < -0.39 is 11.7 Å². The van der Waals surface area contributed by atoms with Gasteiger partial charge in [0.2, 0.25) is 5.69 Å². The smallest absolute Gasteiger partial charge is 0.361 e. The maximum absolute atomic E-state index is 13.1. The number of alkyl halides is 3. The van der Waals surface area contributed by atoms with Crippen molar-refractivity contribution in [2.24, 2.45) is 0 Å². The van der Waals surface area contributed by atoms with Gasteiger partial charge in [0.1, 0.15) is 0 Å². The van der Waals surface area contributed by atoms with Gasteiger partial charge in [0.25, 0.3) is 0 Å². The summed E-state index contributed by atoms with van der Waals surface area (Å²) in [6, 6.07) is 19.5. The van der Waals surface area contributed by atoms with E-state index >= 15 is 0 Å². The van der Waals surface area contributed by atoms with Crippen molar-refractivity contribution >= 4 is 34.0 Å². The Kier molecular flexibility index (Phi) is 4.13. The Morgan fingerprint density at radius 1 is 0.933 bits per heavy atom. The highest BCUT2D eigenvalue weighted by Gasteiger charge is 2.31. The second kappa shape index (κ2) is 6.73. The summed E-state index contributed by atoms with van der Waals surface area (Å²) in [5.41, 5.74) is 7.00. The maximum atomic E-state index is 13.1. The first kappa shape index (κ1) is 18.4. The minimum absolute atomic E-state index is 0.653. The number of fused-ring (bicyclic) bond motifs is 2. The molecular formula is C25H18F3N2+. The highest BCUT2D eigenvalue weighted by molar-refractivity contribution is 6.24. The average molecular weight is 403 g/mol. The van der Waals surface area contributed by atoms with Gasteiger partial charge in [-0.25, -0.2) is 4.99 Å². The van der Waals surface area contributed by atoms with Gasteiger partial charge in [0.05, 0.1) is 16.7 Å². The first-order valence-corrected chi connectivity index (χ1v) is 9.61. The van der Waals surface area contributed by atoms with Crippen LogP contribution in [0.15, 0.2) is 72.9 Å². The maximum Gasteiger partial charge on any atom is 0.416 e. The van der Waals surface area contributed by atoms with Gasteiger partial charge >= 0.3 is 6.18 Å². The fourth-order valence-electron chi connectivity index (χ4n) is 4.00. The van der Waals surface area contributed by atoms with Gasteiger partial charge in [-0.15, -0.1) is 0 Å². The number of nitrogens with one attached hydrogen (secondary N) is 2. The van der Waals surface area contributed by atoms with Crippen molar-refractivity contribution in [2.75, 3.05) is 0 Å². The van der Waals surface area contributed by atoms with E-state index in [0.29, 0.717) is 0 Å². The molecule has 2 heterocycles. The molecule has 0 radical (unpaired) electrons. The first-order chi connectivity index (χ1) is 14.4. The topological polar surface area (TPSA) is 29.8 Å². The monoisotopic (exact) mass is 403 g/mol. The second-order valence-corrected chi connectivity index (χ2v) is 7.45. The third-order valence-electron chi connectivity index (χ3n) is 5.47. The molecule has 148 valence electrons. The van der Waals surface area contributed by atoms with Crippen molar-refractivity contribution in [1.29, 1.82) is 0 Å². The summed E-state index contributed by atoms with van der Waals surface area (Å²) in [6.45, 7) is 2.03. The highest BCUT2D eigenvalue weighted by atomic mass is 19.4. The zero-order chi connectivity index (χ0) is 20.9. The molecule has 4 aromatic rings. The molecule has 1 aromatic heterocycles. The van der Waals surface area contributed by atoms with Gasteiger partial charge < -0.3 is 4.98 Å². The lowest BCUT2D eigenvalue weighted by molar-refractivity contribution is -0.342. The fraction of sp³-hybridized carbons (Fsp3) is 0.0800. The molecule has 0 bridgehead atoms. The summed E-state index contributed by atoms with van der Waals surface area (Å²) in [5, 5.41) is 1.02. The van der Waals surface area contributed by atoms with Crippen LogP contribution in [0.3, 0.4) is 0 Å². The number of hydrogen-bond donors (Lipinski definition) is 2. The predicted molar refractivity (Wildman–Crippen MR) is 114 cm³/mol. The Morgan fingerprint density at radius 3 is 2.47 bits per heavy atom. The number of benzene rings is 3. The Labute approximate surface area is 171 Å². The molecule has 2 N–H and O–H groups in total. The number of allylic oxidation sites excluding steroid dienone is 1. The molecule has 0 atom stereocenters. The number of para-hydroxylation sites is 1. The minimum atomic E-state index is -4.36. The van der Waals surface area contributed by atoms with Crippen LogP contribution in [0.4, 0.5) is 18.9 Å². The molecule has 0 unspecified atom stereocenters. The molecule has 0 saturated carbocycles. The summed E-state index contributed by atoms with van der Waals surface area (Å²) < 4.78 is 39.3. The lowest BCUT2D eigenvalue weighted by Crippen LogP contribution is -2.58. The van der Waals surface area contributed by atoms with E-state index in [2.05, 4.69) is 16.0 Å². The van der Waals surface area contributed by atoms with Crippen LogP contribution in [-0.2, 0) is 6.18 Å². The van der Waals surface area contributed by atoms with E-state index in [-0.39, 0.29) is 0 Å². The normalized spacial score (nSPS) is 14.9. The quantitative estimate of drug-likeness (QED) is 0.458. The van der Waals surface area contributed by atoms with Crippen LogP contribution in [0.1, 0.15) is 27.8 Å². The van der Waals surface area contributed by atoms with Gasteiger partial charge in [-0.2, -0.15) is 13.2 Å². The van der Waals surface area contributed by atoms with Crippen molar-refractivity contribution < 1.29 is 18.2 Å². The zero-order valence-corrected chi connectivity index (χ0v) is 16.1. The summed E-state index contributed by atoms with van der Waals surface area (Å²) in [5.74, 6) is 0. The van der Waals surface area contributed by atoms with Gasteiger partial charge in [0, 0.05) is 34.3 Å². The standard InChI is InChI=1S/C25H17F3N2/c1-15-6-11-23-19(12-15)21(14-30-23)24(16-7-9-17(10-8-16)25(26,27)28)20-13-29-22-5-3-2-4-18(20)22/h2-14,29H,1H3/p+1. The first-order valence-electron chi connectivity index (χ1n) is 9.61. The molecule has 1 aliphatic heterocycles. The van der Waals surface area contributed by atoms with Gasteiger partial charge in [-0.3, -0.25) is 0 Å². The Morgan fingerprint density at radius 2 is 1.70 bits per heavy atom. The average Bonchev–Trinajstić information content (AvgIpc) is 3.33. The van der Waals surface area contributed by atoms with Crippen LogP contribution in [0.25, 0.3) is 22.0 Å². The SMILES string of the molecule is Cc1ccc2c(c1)C(=C(c1ccc(C(F)(F)F)cc1)c1c[nH]c3ccccc13)C=[NH+]2. The molecule has 2 nitrogen and oxygen atoms in total. The molecule has 0 spiro atoms. The van der Waals surface area contributed by atoms with Crippen LogP contribution in [0, 0.1) is 6.92 Å². The number of halogens is 3. The number of hydrogen-bond acceptors (Lipinski definition) is 0. The van der Waals surface area contributed by atoms with Gasteiger partial charge in [-0.05, 0) is 36.8 Å². The van der Waals surface area contributed by atoms with Crippen LogP contribution in [0.5, 0.6) is 0 Å². The van der Waals surface area contributed by atoms with Crippen molar-refractivity contribution in [3.05, 3.63) is 101 Å². The lowest BCUT2D eigenvalue weighted by atomic mass is 9.89. The molecule has 0 aliphatic carbocycles. The van der Waals surface area contributed by atoms with Crippen LogP contribution in [0.2, 0.25) is 0 Å². The van der Waals surface area contributed by atoms with E-state index in [4.69, 9.17) is 0 Å². The van der Waals surface area contributed by atoms with E-state index in [1.54, 1.807) is 12.1 Å². The number of aromatic nitrogens is 1. The molecule has 0 saturated heterocycles. The summed E-state index contributed by atoms with van der Waals surface area (Å²) in [7, 11) is 0. The lowest BCUT2D eigenvalue weighted by Gasteiger charge is -2.12.